The summed E-state index contributed by atoms with van der Waals surface area (Å²) in [6, 6.07) is 0.121. The van der Waals surface area contributed by atoms with Crippen LogP contribution in [0.25, 0.3) is 0 Å². The normalized spacial score (nSPS) is 23.3. The molecule has 0 amide bonds. The summed E-state index contributed by atoms with van der Waals surface area (Å²) in [6.45, 7) is 0.160. The van der Waals surface area contributed by atoms with E-state index in [1.807, 2.05) is 0 Å². The predicted octanol–water partition coefficient (Wildman–Crippen LogP) is 2.17. The third-order valence-corrected chi connectivity index (χ3v) is 3.59. The zero-order valence-corrected chi connectivity index (χ0v) is 10.7. The Hall–Kier alpha value is -1.21. The van der Waals surface area contributed by atoms with E-state index in [0.29, 0.717) is 0 Å². The molecule has 7 heteroatoms. The molecule has 1 aliphatic heterocycles. The number of hydrogen-bond acceptors (Lipinski definition) is 3. The van der Waals surface area contributed by atoms with E-state index in [2.05, 4.69) is 21.2 Å². The standard InChI is InChI=1S/C11H10BrF2NO3/c12-5-2-6(13)10(16)8(9(5)14)7-1-4(3-15-7)11(17)18/h2,4,7,15-16H,1,3H2,(H,17,18). The fourth-order valence-electron chi connectivity index (χ4n) is 2.07. The Morgan fingerprint density at radius 1 is 1.50 bits per heavy atom. The minimum absolute atomic E-state index is 0.103. The van der Waals surface area contributed by atoms with Gasteiger partial charge in [-0.15, -0.1) is 0 Å². The molecule has 3 N–H and O–H groups in total. The minimum atomic E-state index is -1.000. The van der Waals surface area contributed by atoms with Crippen LogP contribution < -0.4 is 5.32 Å². The molecule has 4 nitrogen and oxygen atoms in total. The van der Waals surface area contributed by atoms with Gasteiger partial charge in [0.25, 0.3) is 0 Å². The molecule has 2 unspecified atom stereocenters. The van der Waals surface area contributed by atoms with Gasteiger partial charge in [0.05, 0.1) is 16.0 Å². The van der Waals surface area contributed by atoms with Gasteiger partial charge in [0, 0.05) is 12.6 Å². The lowest BCUT2D eigenvalue weighted by atomic mass is 9.99. The van der Waals surface area contributed by atoms with Gasteiger partial charge in [-0.25, -0.2) is 8.78 Å². The Morgan fingerprint density at radius 2 is 2.17 bits per heavy atom. The van der Waals surface area contributed by atoms with E-state index >= 15 is 0 Å². The molecule has 0 bridgehead atoms. The number of benzene rings is 1. The zero-order valence-electron chi connectivity index (χ0n) is 9.08. The number of rotatable bonds is 2. The van der Waals surface area contributed by atoms with Gasteiger partial charge >= 0.3 is 5.97 Å². The number of halogens is 3. The van der Waals surface area contributed by atoms with E-state index in [-0.39, 0.29) is 23.0 Å². The average molecular weight is 322 g/mol. The first-order valence-corrected chi connectivity index (χ1v) is 6.03. The second-order valence-corrected chi connectivity index (χ2v) is 5.00. The van der Waals surface area contributed by atoms with E-state index in [1.54, 1.807) is 0 Å². The lowest BCUT2D eigenvalue weighted by Gasteiger charge is -2.15. The zero-order chi connectivity index (χ0) is 13.4. The van der Waals surface area contributed by atoms with Crippen molar-refractivity contribution in [2.24, 2.45) is 5.92 Å². The Morgan fingerprint density at radius 3 is 2.72 bits per heavy atom. The van der Waals surface area contributed by atoms with Crippen LogP contribution in [0.2, 0.25) is 0 Å². The second kappa shape index (κ2) is 4.81. The van der Waals surface area contributed by atoms with Crippen molar-refractivity contribution < 1.29 is 23.8 Å². The van der Waals surface area contributed by atoms with Crippen LogP contribution in [0.15, 0.2) is 10.5 Å². The molecular formula is C11H10BrF2NO3. The van der Waals surface area contributed by atoms with E-state index in [0.717, 1.165) is 6.07 Å². The van der Waals surface area contributed by atoms with Gasteiger partial charge in [0.15, 0.2) is 11.6 Å². The Bertz CT molecular complexity index is 483. The molecule has 1 heterocycles. The summed E-state index contributed by atoms with van der Waals surface area (Å²) in [6.07, 6.45) is 0.107. The van der Waals surface area contributed by atoms with Crippen molar-refractivity contribution in [2.45, 2.75) is 12.5 Å². The lowest BCUT2D eigenvalue weighted by molar-refractivity contribution is -0.141. The molecule has 98 valence electrons. The Balaban J connectivity index is 2.38. The van der Waals surface area contributed by atoms with Gasteiger partial charge in [-0.3, -0.25) is 4.79 Å². The molecule has 0 radical (unpaired) electrons. The summed E-state index contributed by atoms with van der Waals surface area (Å²) < 4.78 is 27.1. The van der Waals surface area contributed by atoms with Crippen molar-refractivity contribution in [2.75, 3.05) is 6.54 Å². The molecule has 2 atom stereocenters. The SMILES string of the molecule is O=C(O)C1CNC(c2c(O)c(F)cc(Br)c2F)C1. The number of carbonyl (C=O) groups is 1. The highest BCUT2D eigenvalue weighted by molar-refractivity contribution is 9.10. The molecule has 0 saturated carbocycles. The quantitative estimate of drug-likeness (QED) is 0.730. The molecule has 1 aromatic rings. The summed E-state index contributed by atoms with van der Waals surface area (Å²) in [5.74, 6) is -4.17. The summed E-state index contributed by atoms with van der Waals surface area (Å²) >= 11 is 2.85. The molecule has 0 spiro atoms. The highest BCUT2D eigenvalue weighted by Crippen LogP contribution is 2.38. The number of phenolic OH excluding ortho intramolecular Hbond substituents is 1. The smallest absolute Gasteiger partial charge is 0.307 e. The lowest BCUT2D eigenvalue weighted by Crippen LogP contribution is -2.18. The van der Waals surface area contributed by atoms with Gasteiger partial charge in [-0.2, -0.15) is 0 Å². The van der Waals surface area contributed by atoms with Crippen molar-refractivity contribution in [3.8, 4) is 5.75 Å². The van der Waals surface area contributed by atoms with E-state index in [9.17, 15) is 18.7 Å². The van der Waals surface area contributed by atoms with Crippen LogP contribution in [0, 0.1) is 17.6 Å². The highest BCUT2D eigenvalue weighted by Gasteiger charge is 2.34. The third kappa shape index (κ3) is 2.20. The number of nitrogens with one attached hydrogen (secondary N) is 1. The number of hydrogen-bond donors (Lipinski definition) is 3. The first-order valence-electron chi connectivity index (χ1n) is 5.24. The largest absolute Gasteiger partial charge is 0.505 e. The van der Waals surface area contributed by atoms with Crippen molar-refractivity contribution in [3.63, 3.8) is 0 Å². The van der Waals surface area contributed by atoms with E-state index in [4.69, 9.17) is 5.11 Å². The van der Waals surface area contributed by atoms with Crippen LogP contribution in [0.4, 0.5) is 8.78 Å². The molecular weight excluding hydrogens is 312 g/mol. The summed E-state index contributed by atoms with van der Waals surface area (Å²) in [5.41, 5.74) is -0.231. The molecule has 1 aliphatic rings. The molecule has 2 rings (SSSR count). The maximum Gasteiger partial charge on any atom is 0.307 e. The van der Waals surface area contributed by atoms with Crippen molar-refractivity contribution in [3.05, 3.63) is 27.7 Å². The summed E-state index contributed by atoms with van der Waals surface area (Å²) in [7, 11) is 0. The summed E-state index contributed by atoms with van der Waals surface area (Å²) in [4.78, 5) is 10.8. The predicted molar refractivity (Wildman–Crippen MR) is 62.2 cm³/mol. The number of carboxylic acids is 1. The van der Waals surface area contributed by atoms with Crippen LogP contribution in [-0.2, 0) is 4.79 Å². The van der Waals surface area contributed by atoms with E-state index < -0.39 is 35.3 Å². The molecule has 1 aromatic carbocycles. The second-order valence-electron chi connectivity index (χ2n) is 4.15. The maximum atomic E-state index is 13.9. The third-order valence-electron chi connectivity index (χ3n) is 3.01. The van der Waals surface area contributed by atoms with Crippen LogP contribution in [0.3, 0.4) is 0 Å². The maximum absolute atomic E-state index is 13.9. The minimum Gasteiger partial charge on any atom is -0.505 e. The van der Waals surface area contributed by atoms with Crippen molar-refractivity contribution in [1.29, 1.82) is 0 Å². The fourth-order valence-corrected chi connectivity index (χ4v) is 2.48. The Labute approximate surface area is 110 Å². The van der Waals surface area contributed by atoms with E-state index in [1.165, 1.54) is 0 Å². The van der Waals surface area contributed by atoms with Crippen LogP contribution >= 0.6 is 15.9 Å². The van der Waals surface area contributed by atoms with Gasteiger partial charge < -0.3 is 15.5 Å². The molecule has 0 aromatic heterocycles. The van der Waals surface area contributed by atoms with Gasteiger partial charge in [-0.05, 0) is 28.4 Å². The van der Waals surface area contributed by atoms with Crippen molar-refractivity contribution in [1.82, 2.24) is 5.32 Å². The van der Waals surface area contributed by atoms with Gasteiger partial charge in [0.1, 0.15) is 5.82 Å². The topological polar surface area (TPSA) is 69.6 Å². The molecule has 1 saturated heterocycles. The number of aromatic hydroxyl groups is 1. The molecule has 18 heavy (non-hydrogen) atoms. The summed E-state index contributed by atoms with van der Waals surface area (Å²) in [5, 5.41) is 21.2. The van der Waals surface area contributed by atoms with Crippen LogP contribution in [0.1, 0.15) is 18.0 Å². The molecule has 0 aliphatic carbocycles. The monoisotopic (exact) mass is 321 g/mol. The highest BCUT2D eigenvalue weighted by atomic mass is 79.9. The van der Waals surface area contributed by atoms with Crippen LogP contribution in [0.5, 0.6) is 5.75 Å². The van der Waals surface area contributed by atoms with Gasteiger partial charge in [0.2, 0.25) is 0 Å². The van der Waals surface area contributed by atoms with Crippen LogP contribution in [-0.4, -0.2) is 22.7 Å². The Kier molecular flexibility index (Phi) is 3.54. The molecule has 1 fully saturated rings. The average Bonchev–Trinajstić information content (AvgIpc) is 2.76. The number of phenols is 1. The number of carboxylic acid groups (broad SMARTS) is 1. The van der Waals surface area contributed by atoms with Gasteiger partial charge in [-0.1, -0.05) is 0 Å². The first kappa shape index (κ1) is 13.2. The van der Waals surface area contributed by atoms with Crippen molar-refractivity contribution >= 4 is 21.9 Å². The number of aliphatic carboxylic acids is 1. The fraction of sp³-hybridized carbons (Fsp3) is 0.364. The first-order chi connectivity index (χ1) is 8.41.